The average Bonchev–Trinajstić information content (AvgIpc) is 2.84. The van der Waals surface area contributed by atoms with Crippen molar-refractivity contribution in [3.63, 3.8) is 0 Å². The van der Waals surface area contributed by atoms with Gasteiger partial charge in [0.1, 0.15) is 5.82 Å². The second kappa shape index (κ2) is 5.91. The number of hydrogen-bond acceptors (Lipinski definition) is 3. The molecular formula is C12H16BrFN2O. The Morgan fingerprint density at radius 2 is 2.41 bits per heavy atom. The van der Waals surface area contributed by atoms with Crippen LogP contribution in [0.1, 0.15) is 18.4 Å². The van der Waals surface area contributed by atoms with E-state index in [1.165, 1.54) is 12.1 Å². The van der Waals surface area contributed by atoms with Gasteiger partial charge in [-0.05, 0) is 43.0 Å². The number of nitrogens with one attached hydrogen (secondary N) is 1. The molecule has 0 amide bonds. The lowest BCUT2D eigenvalue weighted by Gasteiger charge is -2.22. The van der Waals surface area contributed by atoms with Crippen LogP contribution in [-0.4, -0.2) is 18.8 Å². The topological polar surface area (TPSA) is 47.3 Å². The molecule has 1 heterocycles. The molecule has 1 aromatic rings. The van der Waals surface area contributed by atoms with Crippen molar-refractivity contribution in [1.29, 1.82) is 0 Å². The number of benzene rings is 1. The maximum absolute atomic E-state index is 13.2. The first kappa shape index (κ1) is 13.0. The minimum absolute atomic E-state index is 0.0237. The molecule has 1 aromatic carbocycles. The fraction of sp³-hybridized carbons (Fsp3) is 0.500. The first-order chi connectivity index (χ1) is 8.20. The summed E-state index contributed by atoms with van der Waals surface area (Å²) in [4.78, 5) is 0. The van der Waals surface area contributed by atoms with Crippen molar-refractivity contribution in [2.45, 2.75) is 31.4 Å². The van der Waals surface area contributed by atoms with E-state index in [0.717, 1.165) is 29.5 Å². The van der Waals surface area contributed by atoms with Gasteiger partial charge in [-0.25, -0.2) is 4.39 Å². The van der Waals surface area contributed by atoms with Gasteiger partial charge in [0.25, 0.3) is 0 Å². The highest BCUT2D eigenvalue weighted by Crippen LogP contribution is 2.23. The number of halogens is 2. The second-order valence-corrected chi connectivity index (χ2v) is 5.12. The maximum Gasteiger partial charge on any atom is 0.123 e. The minimum Gasteiger partial charge on any atom is -0.377 e. The van der Waals surface area contributed by atoms with Crippen LogP contribution in [0.5, 0.6) is 0 Å². The van der Waals surface area contributed by atoms with Crippen LogP contribution in [-0.2, 0) is 11.2 Å². The van der Waals surface area contributed by atoms with Crippen molar-refractivity contribution in [2.24, 2.45) is 5.84 Å². The van der Waals surface area contributed by atoms with Gasteiger partial charge in [-0.3, -0.25) is 11.3 Å². The lowest BCUT2D eigenvalue weighted by Crippen LogP contribution is -2.45. The molecule has 94 valence electrons. The number of ether oxygens (including phenoxy) is 1. The normalized spacial score (nSPS) is 21.7. The van der Waals surface area contributed by atoms with Gasteiger partial charge in [0.05, 0.1) is 12.1 Å². The van der Waals surface area contributed by atoms with Gasteiger partial charge in [-0.1, -0.05) is 15.9 Å². The summed E-state index contributed by atoms with van der Waals surface area (Å²) in [5.41, 5.74) is 3.68. The third-order valence-electron chi connectivity index (χ3n) is 3.08. The van der Waals surface area contributed by atoms with Crippen molar-refractivity contribution >= 4 is 15.9 Å². The molecule has 1 aliphatic rings. The first-order valence-corrected chi connectivity index (χ1v) is 6.51. The Labute approximate surface area is 109 Å². The van der Waals surface area contributed by atoms with E-state index in [9.17, 15) is 4.39 Å². The molecule has 17 heavy (non-hydrogen) atoms. The van der Waals surface area contributed by atoms with Gasteiger partial charge in [0.15, 0.2) is 0 Å². The molecule has 5 heteroatoms. The highest BCUT2D eigenvalue weighted by atomic mass is 79.9. The molecule has 1 fully saturated rings. The van der Waals surface area contributed by atoms with Crippen molar-refractivity contribution < 1.29 is 9.13 Å². The fourth-order valence-corrected chi connectivity index (χ4v) is 2.56. The zero-order valence-electron chi connectivity index (χ0n) is 9.46. The molecular weight excluding hydrogens is 287 g/mol. The molecule has 0 bridgehead atoms. The quantitative estimate of drug-likeness (QED) is 0.662. The molecule has 0 aromatic heterocycles. The summed E-state index contributed by atoms with van der Waals surface area (Å²) in [6, 6.07) is 4.71. The van der Waals surface area contributed by atoms with Crippen LogP contribution in [0.2, 0.25) is 0 Å². The lowest BCUT2D eigenvalue weighted by atomic mass is 10.00. The average molecular weight is 303 g/mol. The molecule has 0 spiro atoms. The van der Waals surface area contributed by atoms with E-state index in [0.29, 0.717) is 6.42 Å². The molecule has 2 unspecified atom stereocenters. The molecule has 1 aliphatic heterocycles. The Morgan fingerprint density at radius 3 is 3.06 bits per heavy atom. The molecule has 1 saturated heterocycles. The highest BCUT2D eigenvalue weighted by molar-refractivity contribution is 9.10. The monoisotopic (exact) mass is 302 g/mol. The highest BCUT2D eigenvalue weighted by Gasteiger charge is 2.25. The van der Waals surface area contributed by atoms with Gasteiger partial charge in [-0.15, -0.1) is 0 Å². The number of rotatable bonds is 4. The largest absolute Gasteiger partial charge is 0.377 e. The fourth-order valence-electron chi connectivity index (χ4n) is 2.15. The predicted octanol–water partition coefficient (Wildman–Crippen LogP) is 2.14. The molecule has 2 rings (SSSR count). The van der Waals surface area contributed by atoms with Crippen molar-refractivity contribution in [1.82, 2.24) is 5.43 Å². The summed E-state index contributed by atoms with van der Waals surface area (Å²) in [5.74, 6) is 5.32. The van der Waals surface area contributed by atoms with E-state index in [1.807, 2.05) is 0 Å². The van der Waals surface area contributed by atoms with Crippen LogP contribution in [0.4, 0.5) is 4.39 Å². The third-order valence-corrected chi connectivity index (χ3v) is 3.85. The molecule has 2 atom stereocenters. The van der Waals surface area contributed by atoms with Crippen molar-refractivity contribution in [2.75, 3.05) is 6.61 Å². The summed E-state index contributed by atoms with van der Waals surface area (Å²) >= 11 is 3.42. The standard InChI is InChI=1S/C12H16BrFN2O/c13-10-4-3-9(14)6-8(10)7-11(16-15)12-2-1-5-17-12/h3-4,6,11-12,16H,1-2,5,7,15H2. The summed E-state index contributed by atoms with van der Waals surface area (Å²) in [6.45, 7) is 0.785. The van der Waals surface area contributed by atoms with Gasteiger partial charge in [-0.2, -0.15) is 0 Å². The van der Waals surface area contributed by atoms with Gasteiger partial charge in [0, 0.05) is 11.1 Å². The minimum atomic E-state index is -0.230. The molecule has 3 nitrogen and oxygen atoms in total. The Hall–Kier alpha value is -0.490. The Balaban J connectivity index is 2.09. The van der Waals surface area contributed by atoms with Gasteiger partial charge in [0.2, 0.25) is 0 Å². The van der Waals surface area contributed by atoms with E-state index in [1.54, 1.807) is 6.07 Å². The molecule has 0 aliphatic carbocycles. The van der Waals surface area contributed by atoms with Crippen molar-refractivity contribution in [3.8, 4) is 0 Å². The molecule has 0 saturated carbocycles. The number of hydrogen-bond donors (Lipinski definition) is 2. The Bertz CT molecular complexity index is 383. The van der Waals surface area contributed by atoms with E-state index in [4.69, 9.17) is 10.6 Å². The maximum atomic E-state index is 13.2. The summed E-state index contributed by atoms with van der Waals surface area (Å²) in [7, 11) is 0. The Kier molecular flexibility index (Phi) is 4.50. The van der Waals surface area contributed by atoms with E-state index in [2.05, 4.69) is 21.4 Å². The second-order valence-electron chi connectivity index (χ2n) is 4.26. The van der Waals surface area contributed by atoms with Crippen LogP contribution < -0.4 is 11.3 Å². The van der Waals surface area contributed by atoms with Crippen molar-refractivity contribution in [3.05, 3.63) is 34.1 Å². The first-order valence-electron chi connectivity index (χ1n) is 5.72. The van der Waals surface area contributed by atoms with Crippen LogP contribution in [0, 0.1) is 5.82 Å². The summed E-state index contributed by atoms with van der Waals surface area (Å²) in [6.07, 6.45) is 2.84. The molecule has 3 N–H and O–H groups in total. The molecule has 0 radical (unpaired) electrons. The van der Waals surface area contributed by atoms with Gasteiger partial charge < -0.3 is 4.74 Å². The number of nitrogens with two attached hydrogens (primary N) is 1. The Morgan fingerprint density at radius 1 is 1.59 bits per heavy atom. The van der Waals surface area contributed by atoms with Crippen LogP contribution in [0.15, 0.2) is 22.7 Å². The zero-order chi connectivity index (χ0) is 12.3. The van der Waals surface area contributed by atoms with Gasteiger partial charge >= 0.3 is 0 Å². The van der Waals surface area contributed by atoms with Crippen LogP contribution in [0.25, 0.3) is 0 Å². The summed E-state index contributed by atoms with van der Waals surface area (Å²) < 4.78 is 19.7. The van der Waals surface area contributed by atoms with E-state index >= 15 is 0 Å². The third kappa shape index (κ3) is 3.25. The van der Waals surface area contributed by atoms with E-state index < -0.39 is 0 Å². The summed E-state index contributed by atoms with van der Waals surface area (Å²) in [5, 5.41) is 0. The number of hydrazine groups is 1. The van der Waals surface area contributed by atoms with E-state index in [-0.39, 0.29) is 18.0 Å². The van der Waals surface area contributed by atoms with Crippen LogP contribution in [0.3, 0.4) is 0 Å². The smallest absolute Gasteiger partial charge is 0.123 e. The zero-order valence-corrected chi connectivity index (χ0v) is 11.0. The SMILES string of the molecule is NNC(Cc1cc(F)ccc1Br)C1CCCO1. The van der Waals surface area contributed by atoms with Crippen LogP contribution >= 0.6 is 15.9 Å². The lowest BCUT2D eigenvalue weighted by molar-refractivity contribution is 0.0784. The predicted molar refractivity (Wildman–Crippen MR) is 67.9 cm³/mol.